The second-order valence-electron chi connectivity index (χ2n) is 24.9. The zero-order valence-corrected chi connectivity index (χ0v) is 53.9. The minimum atomic E-state index is -0.769. The number of unbranched alkanes of at least 4 members (excludes halogenated alkanes) is 55. The lowest BCUT2D eigenvalue weighted by Gasteiger charge is -2.18. The average molecular weight is 1110 g/mol. The molecule has 0 saturated carbocycles. The van der Waals surface area contributed by atoms with E-state index in [0.29, 0.717) is 19.3 Å². The van der Waals surface area contributed by atoms with Gasteiger partial charge in [0, 0.05) is 19.3 Å². The van der Waals surface area contributed by atoms with E-state index in [0.717, 1.165) is 70.6 Å². The van der Waals surface area contributed by atoms with Gasteiger partial charge in [0.15, 0.2) is 6.10 Å². The van der Waals surface area contributed by atoms with Gasteiger partial charge in [0.25, 0.3) is 0 Å². The third-order valence-corrected chi connectivity index (χ3v) is 16.8. The van der Waals surface area contributed by atoms with Crippen molar-refractivity contribution in [3.8, 4) is 0 Å². The first-order chi connectivity index (χ1) is 39.0. The molecular weight excluding hydrogens is 973 g/mol. The summed E-state index contributed by atoms with van der Waals surface area (Å²) in [6, 6.07) is 0. The minimum absolute atomic E-state index is 0.0660. The molecule has 0 aromatic carbocycles. The summed E-state index contributed by atoms with van der Waals surface area (Å²) < 4.78 is 17.0. The number of ether oxygens (including phenoxy) is 3. The van der Waals surface area contributed by atoms with E-state index in [2.05, 4.69) is 32.9 Å². The third-order valence-electron chi connectivity index (χ3n) is 16.8. The molecule has 0 aliphatic rings. The van der Waals surface area contributed by atoms with Crippen LogP contribution in [0.15, 0.2) is 12.2 Å². The molecule has 0 bridgehead atoms. The van der Waals surface area contributed by atoms with Crippen molar-refractivity contribution < 1.29 is 28.6 Å². The van der Waals surface area contributed by atoms with Gasteiger partial charge in [-0.1, -0.05) is 373 Å². The molecule has 0 saturated heterocycles. The minimum Gasteiger partial charge on any atom is -0.462 e. The Kier molecular flexibility index (Phi) is 67.0. The molecule has 0 aromatic heterocycles. The van der Waals surface area contributed by atoms with Crippen LogP contribution in [0.1, 0.15) is 419 Å². The summed E-state index contributed by atoms with van der Waals surface area (Å²) in [6.07, 6.45) is 82.7. The molecule has 6 heteroatoms. The van der Waals surface area contributed by atoms with E-state index >= 15 is 0 Å². The quantitative estimate of drug-likeness (QED) is 0.0261. The van der Waals surface area contributed by atoms with E-state index < -0.39 is 6.10 Å². The molecule has 79 heavy (non-hydrogen) atoms. The van der Waals surface area contributed by atoms with E-state index in [1.165, 1.54) is 308 Å². The number of carbonyl (C=O) groups is 3. The number of hydrogen-bond donors (Lipinski definition) is 0. The van der Waals surface area contributed by atoms with Crippen LogP contribution < -0.4 is 0 Å². The van der Waals surface area contributed by atoms with Crippen LogP contribution in [0.3, 0.4) is 0 Å². The second-order valence-corrected chi connectivity index (χ2v) is 24.9. The highest BCUT2D eigenvalue weighted by Crippen LogP contribution is 2.20. The lowest BCUT2D eigenvalue weighted by atomic mass is 10.0. The molecule has 0 rings (SSSR count). The molecule has 0 radical (unpaired) electrons. The van der Waals surface area contributed by atoms with Gasteiger partial charge in [0.2, 0.25) is 0 Å². The van der Waals surface area contributed by atoms with Crippen molar-refractivity contribution in [1.82, 2.24) is 0 Å². The molecule has 0 aliphatic heterocycles. The van der Waals surface area contributed by atoms with Crippen molar-refractivity contribution in [3.05, 3.63) is 12.2 Å². The average Bonchev–Trinajstić information content (AvgIpc) is 3.45. The van der Waals surface area contributed by atoms with Crippen LogP contribution in [0, 0.1) is 0 Å². The number of rotatable bonds is 68. The van der Waals surface area contributed by atoms with Crippen LogP contribution in [0.25, 0.3) is 0 Å². The van der Waals surface area contributed by atoms with Crippen molar-refractivity contribution in [2.45, 2.75) is 425 Å². The summed E-state index contributed by atoms with van der Waals surface area (Å²) in [5, 5.41) is 0. The number of allylic oxidation sites excluding steroid dienone is 2. The van der Waals surface area contributed by atoms with Gasteiger partial charge < -0.3 is 14.2 Å². The Labute approximate surface area is 494 Å². The van der Waals surface area contributed by atoms with Crippen molar-refractivity contribution >= 4 is 17.9 Å². The highest BCUT2D eigenvalue weighted by Gasteiger charge is 2.19. The lowest BCUT2D eigenvalue weighted by molar-refractivity contribution is -0.167. The van der Waals surface area contributed by atoms with Gasteiger partial charge in [-0.15, -0.1) is 0 Å². The van der Waals surface area contributed by atoms with Gasteiger partial charge in [-0.25, -0.2) is 0 Å². The molecule has 468 valence electrons. The van der Waals surface area contributed by atoms with Crippen molar-refractivity contribution in [3.63, 3.8) is 0 Å². The van der Waals surface area contributed by atoms with Crippen molar-refractivity contribution in [2.75, 3.05) is 13.2 Å². The van der Waals surface area contributed by atoms with Crippen molar-refractivity contribution in [1.29, 1.82) is 0 Å². The van der Waals surface area contributed by atoms with Gasteiger partial charge in [0.05, 0.1) is 0 Å². The monoisotopic (exact) mass is 1110 g/mol. The largest absolute Gasteiger partial charge is 0.462 e. The predicted octanol–water partition coefficient (Wildman–Crippen LogP) is 24.8. The maximum Gasteiger partial charge on any atom is 0.306 e. The van der Waals surface area contributed by atoms with Gasteiger partial charge in [0.1, 0.15) is 13.2 Å². The molecular formula is C73H140O6. The lowest BCUT2D eigenvalue weighted by Crippen LogP contribution is -2.30. The normalized spacial score (nSPS) is 12.0. The molecule has 1 atom stereocenters. The summed E-state index contributed by atoms with van der Waals surface area (Å²) >= 11 is 0. The summed E-state index contributed by atoms with van der Waals surface area (Å²) in [5.74, 6) is -0.843. The molecule has 1 unspecified atom stereocenters. The van der Waals surface area contributed by atoms with Gasteiger partial charge in [-0.2, -0.15) is 0 Å². The summed E-state index contributed by atoms with van der Waals surface area (Å²) in [6.45, 7) is 6.66. The Hall–Kier alpha value is -1.85. The number of carbonyl (C=O) groups excluding carboxylic acids is 3. The van der Waals surface area contributed by atoms with Crippen LogP contribution in [0.5, 0.6) is 0 Å². The Morgan fingerprint density at radius 1 is 0.241 bits per heavy atom. The maximum absolute atomic E-state index is 12.9. The van der Waals surface area contributed by atoms with E-state index in [9.17, 15) is 14.4 Å². The zero-order chi connectivity index (χ0) is 57.1. The van der Waals surface area contributed by atoms with Crippen molar-refractivity contribution in [2.24, 2.45) is 0 Å². The van der Waals surface area contributed by atoms with Gasteiger partial charge >= 0.3 is 17.9 Å². The second kappa shape index (κ2) is 68.6. The smallest absolute Gasteiger partial charge is 0.306 e. The fraction of sp³-hybridized carbons (Fsp3) is 0.932. The topological polar surface area (TPSA) is 78.9 Å². The predicted molar refractivity (Wildman–Crippen MR) is 344 cm³/mol. The molecule has 0 fully saturated rings. The maximum atomic E-state index is 12.9. The van der Waals surface area contributed by atoms with Crippen LogP contribution in [-0.2, 0) is 28.6 Å². The van der Waals surface area contributed by atoms with Gasteiger partial charge in [-0.05, 0) is 38.5 Å². The molecule has 0 heterocycles. The Bertz CT molecular complexity index is 1230. The van der Waals surface area contributed by atoms with E-state index in [-0.39, 0.29) is 31.1 Å². The molecule has 6 nitrogen and oxygen atoms in total. The van der Waals surface area contributed by atoms with E-state index in [1.54, 1.807) is 0 Å². The first kappa shape index (κ1) is 77.2. The molecule has 0 aliphatic carbocycles. The Morgan fingerprint density at radius 3 is 0.684 bits per heavy atom. The van der Waals surface area contributed by atoms with Crippen LogP contribution in [-0.4, -0.2) is 37.2 Å². The first-order valence-electron chi connectivity index (χ1n) is 36.2. The van der Waals surface area contributed by atoms with Crippen LogP contribution in [0.2, 0.25) is 0 Å². The number of esters is 3. The molecule has 0 aromatic rings. The van der Waals surface area contributed by atoms with Crippen LogP contribution >= 0.6 is 0 Å². The SMILES string of the molecule is CCC/C=C\CCCCCCCC(=O)OCC(COC(=O)CCCCCCCCCCCCCCCCCCCCCCCCCCCCCC)OC(=O)CCCCCCCCCCCCCCCCCCCCCCCCC. The zero-order valence-electron chi connectivity index (χ0n) is 53.9. The highest BCUT2D eigenvalue weighted by atomic mass is 16.6. The third kappa shape index (κ3) is 66.8. The van der Waals surface area contributed by atoms with E-state index in [4.69, 9.17) is 14.2 Å². The summed E-state index contributed by atoms with van der Waals surface area (Å²) in [5.41, 5.74) is 0. The Morgan fingerprint density at radius 2 is 0.443 bits per heavy atom. The van der Waals surface area contributed by atoms with E-state index in [1.807, 2.05) is 0 Å². The summed E-state index contributed by atoms with van der Waals surface area (Å²) in [4.78, 5) is 38.3. The highest BCUT2D eigenvalue weighted by molar-refractivity contribution is 5.71. The Balaban J connectivity index is 4.09. The molecule has 0 N–H and O–H groups in total. The standard InChI is InChI=1S/C73H140O6/c1-4-7-10-13-16-19-22-24-26-28-30-32-34-35-36-37-38-40-41-43-45-47-49-51-54-57-60-63-66-72(75)78-69-70(68-77-71(74)65-62-59-56-53-21-18-15-12-9-6-3)79-73(76)67-64-61-58-55-52-50-48-46-44-42-39-33-31-29-27-25-23-20-17-14-11-8-5-2/h12,15,70H,4-11,13-14,16-69H2,1-3H3/b15-12-. The number of hydrogen-bond acceptors (Lipinski definition) is 6. The van der Waals surface area contributed by atoms with Crippen LogP contribution in [0.4, 0.5) is 0 Å². The fourth-order valence-electron chi connectivity index (χ4n) is 11.3. The molecule has 0 amide bonds. The summed E-state index contributed by atoms with van der Waals surface area (Å²) in [7, 11) is 0. The van der Waals surface area contributed by atoms with Gasteiger partial charge in [-0.3, -0.25) is 14.4 Å². The fourth-order valence-corrected chi connectivity index (χ4v) is 11.3. The first-order valence-corrected chi connectivity index (χ1v) is 36.2. The molecule has 0 spiro atoms.